The molecule has 0 heterocycles. The van der Waals surface area contributed by atoms with Gasteiger partial charge in [0.2, 0.25) is 0 Å². The van der Waals surface area contributed by atoms with Crippen LogP contribution in [0.15, 0.2) is 30.0 Å². The number of nitrogens with one attached hydrogen (secondary N) is 1. The van der Waals surface area contributed by atoms with E-state index < -0.39 is 17.9 Å². The molecule has 0 amide bonds. The van der Waals surface area contributed by atoms with Crippen LogP contribution in [-0.2, 0) is 23.8 Å². The van der Waals surface area contributed by atoms with E-state index in [0.29, 0.717) is 16.8 Å². The van der Waals surface area contributed by atoms with E-state index in [2.05, 4.69) is 19.5 Å². The molecule has 0 unspecified atom stereocenters. The molecule has 0 aliphatic carbocycles. The minimum atomic E-state index is -0.722. The molecule has 22 heavy (non-hydrogen) atoms. The molecule has 0 radical (unpaired) electrons. The van der Waals surface area contributed by atoms with Crippen molar-refractivity contribution < 1.29 is 28.6 Å². The Bertz CT molecular complexity index is 620. The second kappa shape index (κ2) is 7.82. The molecule has 0 aliphatic rings. The first-order chi connectivity index (χ1) is 10.4. The van der Waals surface area contributed by atoms with Crippen molar-refractivity contribution in [1.29, 1.82) is 0 Å². The van der Waals surface area contributed by atoms with Gasteiger partial charge in [-0.2, -0.15) is 0 Å². The SMILES string of the molecule is COC(=O)/C=C(/Nc1ccc(C(=O)OC)c(C)c1)C(=O)OC. The quantitative estimate of drug-likeness (QED) is 0.500. The molecular formula is C15H17NO6. The van der Waals surface area contributed by atoms with E-state index in [4.69, 9.17) is 0 Å². The fraction of sp³-hybridized carbons (Fsp3) is 0.267. The summed E-state index contributed by atoms with van der Waals surface area (Å²) in [6, 6.07) is 4.77. The molecule has 0 bridgehead atoms. The predicted molar refractivity (Wildman–Crippen MR) is 78.3 cm³/mol. The standard InChI is InChI=1S/C15H17NO6/c1-9-7-10(5-6-11(9)14(18)21-3)16-12(15(19)22-4)8-13(17)20-2/h5-8,16H,1-4H3/b12-8+. The molecular weight excluding hydrogens is 290 g/mol. The van der Waals surface area contributed by atoms with Gasteiger partial charge in [0.25, 0.3) is 0 Å². The number of ether oxygens (including phenoxy) is 3. The lowest BCUT2D eigenvalue weighted by atomic mass is 10.1. The smallest absolute Gasteiger partial charge is 0.354 e. The Hall–Kier alpha value is -2.83. The maximum absolute atomic E-state index is 11.6. The summed E-state index contributed by atoms with van der Waals surface area (Å²) in [5, 5.41) is 2.75. The van der Waals surface area contributed by atoms with Gasteiger partial charge in [-0.25, -0.2) is 14.4 Å². The molecule has 0 saturated carbocycles. The normalized spacial score (nSPS) is 10.6. The highest BCUT2D eigenvalue weighted by Crippen LogP contribution is 2.18. The van der Waals surface area contributed by atoms with Crippen molar-refractivity contribution in [2.24, 2.45) is 0 Å². The van der Waals surface area contributed by atoms with Gasteiger partial charge in [-0.05, 0) is 30.7 Å². The maximum atomic E-state index is 11.6. The average Bonchev–Trinajstić information content (AvgIpc) is 2.52. The summed E-state index contributed by atoms with van der Waals surface area (Å²) in [5.41, 5.74) is 1.48. The minimum absolute atomic E-state index is 0.0837. The Labute approximate surface area is 127 Å². The molecule has 7 heteroatoms. The van der Waals surface area contributed by atoms with Crippen LogP contribution in [0.25, 0.3) is 0 Å². The van der Waals surface area contributed by atoms with E-state index in [0.717, 1.165) is 6.08 Å². The summed E-state index contributed by atoms with van der Waals surface area (Å²) in [6.45, 7) is 1.72. The lowest BCUT2D eigenvalue weighted by molar-refractivity contribution is -0.138. The number of hydrogen-bond donors (Lipinski definition) is 1. The van der Waals surface area contributed by atoms with E-state index in [-0.39, 0.29) is 5.70 Å². The number of esters is 3. The van der Waals surface area contributed by atoms with Gasteiger partial charge < -0.3 is 19.5 Å². The summed E-state index contributed by atoms with van der Waals surface area (Å²) in [7, 11) is 3.69. The molecule has 1 aromatic rings. The largest absolute Gasteiger partial charge is 0.466 e. The third-order valence-corrected chi connectivity index (χ3v) is 2.78. The first-order valence-electron chi connectivity index (χ1n) is 6.26. The van der Waals surface area contributed by atoms with Crippen molar-refractivity contribution in [3.05, 3.63) is 41.1 Å². The average molecular weight is 307 g/mol. The zero-order valence-electron chi connectivity index (χ0n) is 12.8. The molecule has 0 aromatic heterocycles. The topological polar surface area (TPSA) is 90.9 Å². The number of hydrogen-bond acceptors (Lipinski definition) is 7. The van der Waals surface area contributed by atoms with Gasteiger partial charge in [0, 0.05) is 5.69 Å². The van der Waals surface area contributed by atoms with Gasteiger partial charge in [-0.3, -0.25) is 0 Å². The van der Waals surface area contributed by atoms with Crippen LogP contribution < -0.4 is 5.32 Å². The van der Waals surface area contributed by atoms with Crippen LogP contribution in [0.2, 0.25) is 0 Å². The molecule has 7 nitrogen and oxygen atoms in total. The maximum Gasteiger partial charge on any atom is 0.354 e. The molecule has 1 rings (SSSR count). The Balaban J connectivity index is 3.07. The highest BCUT2D eigenvalue weighted by Gasteiger charge is 2.14. The number of carbonyl (C=O) groups is 3. The molecule has 0 saturated heterocycles. The summed E-state index contributed by atoms with van der Waals surface area (Å²) in [4.78, 5) is 34.4. The van der Waals surface area contributed by atoms with Crippen molar-refractivity contribution in [2.75, 3.05) is 26.6 Å². The Morgan fingerprint density at radius 3 is 2.23 bits per heavy atom. The summed E-state index contributed by atoms with van der Waals surface area (Å²) < 4.78 is 13.7. The summed E-state index contributed by atoms with van der Waals surface area (Å²) in [5.74, 6) is -1.88. The monoisotopic (exact) mass is 307 g/mol. The zero-order valence-corrected chi connectivity index (χ0v) is 12.8. The number of aryl methyl sites for hydroxylation is 1. The van der Waals surface area contributed by atoms with Crippen molar-refractivity contribution >= 4 is 23.6 Å². The number of anilines is 1. The molecule has 1 N–H and O–H groups in total. The highest BCUT2D eigenvalue weighted by atomic mass is 16.5. The lowest BCUT2D eigenvalue weighted by Gasteiger charge is -2.11. The lowest BCUT2D eigenvalue weighted by Crippen LogP contribution is -2.15. The van der Waals surface area contributed by atoms with Crippen LogP contribution in [0.4, 0.5) is 5.69 Å². The van der Waals surface area contributed by atoms with Crippen LogP contribution in [0, 0.1) is 6.92 Å². The van der Waals surface area contributed by atoms with Crippen LogP contribution in [0.3, 0.4) is 0 Å². The number of carbonyl (C=O) groups excluding carboxylic acids is 3. The van der Waals surface area contributed by atoms with E-state index in [1.165, 1.54) is 21.3 Å². The Kier molecular flexibility index (Phi) is 6.12. The first-order valence-corrected chi connectivity index (χ1v) is 6.26. The van der Waals surface area contributed by atoms with Gasteiger partial charge >= 0.3 is 17.9 Å². The van der Waals surface area contributed by atoms with Crippen LogP contribution in [0.1, 0.15) is 15.9 Å². The molecule has 0 aliphatic heterocycles. The summed E-state index contributed by atoms with van der Waals surface area (Å²) >= 11 is 0. The van der Waals surface area contributed by atoms with Crippen LogP contribution in [-0.4, -0.2) is 39.2 Å². The third-order valence-electron chi connectivity index (χ3n) is 2.78. The van der Waals surface area contributed by atoms with Crippen molar-refractivity contribution in [3.8, 4) is 0 Å². The van der Waals surface area contributed by atoms with Gasteiger partial charge in [-0.15, -0.1) is 0 Å². The number of methoxy groups -OCH3 is 3. The van der Waals surface area contributed by atoms with Crippen molar-refractivity contribution in [3.63, 3.8) is 0 Å². The second-order valence-corrected chi connectivity index (χ2v) is 4.22. The molecule has 0 atom stereocenters. The zero-order chi connectivity index (χ0) is 16.7. The molecule has 1 aromatic carbocycles. The van der Waals surface area contributed by atoms with Crippen LogP contribution in [0.5, 0.6) is 0 Å². The fourth-order valence-electron chi connectivity index (χ4n) is 1.67. The van der Waals surface area contributed by atoms with Gasteiger partial charge in [0.1, 0.15) is 5.70 Å². The minimum Gasteiger partial charge on any atom is -0.466 e. The van der Waals surface area contributed by atoms with E-state index >= 15 is 0 Å². The van der Waals surface area contributed by atoms with Crippen LogP contribution >= 0.6 is 0 Å². The molecule has 0 fully saturated rings. The van der Waals surface area contributed by atoms with Crippen molar-refractivity contribution in [1.82, 2.24) is 0 Å². The predicted octanol–water partition coefficient (Wildman–Crippen LogP) is 1.42. The fourth-order valence-corrected chi connectivity index (χ4v) is 1.67. The van der Waals surface area contributed by atoms with Gasteiger partial charge in [0.05, 0.1) is 33.0 Å². The van der Waals surface area contributed by atoms with E-state index in [1.54, 1.807) is 25.1 Å². The first kappa shape index (κ1) is 17.2. The third kappa shape index (κ3) is 4.34. The molecule has 118 valence electrons. The highest BCUT2D eigenvalue weighted by molar-refractivity contribution is 5.99. The van der Waals surface area contributed by atoms with E-state index in [1.807, 2.05) is 0 Å². The van der Waals surface area contributed by atoms with Gasteiger partial charge in [-0.1, -0.05) is 0 Å². The second-order valence-electron chi connectivity index (χ2n) is 4.22. The molecule has 0 spiro atoms. The number of rotatable bonds is 5. The van der Waals surface area contributed by atoms with E-state index in [9.17, 15) is 14.4 Å². The van der Waals surface area contributed by atoms with Gasteiger partial charge in [0.15, 0.2) is 0 Å². The summed E-state index contributed by atoms with van der Waals surface area (Å²) in [6.07, 6.45) is 0.982. The Morgan fingerprint density at radius 1 is 1.05 bits per heavy atom. The van der Waals surface area contributed by atoms with Crippen molar-refractivity contribution in [2.45, 2.75) is 6.92 Å². The number of benzene rings is 1. The Morgan fingerprint density at radius 2 is 1.73 bits per heavy atom.